The Morgan fingerprint density at radius 2 is 1.93 bits per heavy atom. The number of nitrogens with one attached hydrogen (secondary N) is 1. The van der Waals surface area contributed by atoms with Crippen molar-refractivity contribution in [2.45, 2.75) is 25.1 Å². The zero-order valence-electron chi connectivity index (χ0n) is 15.0. The van der Waals surface area contributed by atoms with Crippen LogP contribution in [0.2, 0.25) is 0 Å². The van der Waals surface area contributed by atoms with Gasteiger partial charge in [0.1, 0.15) is 6.33 Å². The van der Waals surface area contributed by atoms with Gasteiger partial charge in [0.2, 0.25) is 0 Å². The number of nitrogens with two attached hydrogens (primary N) is 1. The van der Waals surface area contributed by atoms with Gasteiger partial charge >= 0.3 is 6.18 Å². The lowest BCUT2D eigenvalue weighted by Crippen LogP contribution is -2.20. The molecule has 9 heteroatoms. The topological polar surface area (TPSA) is 72.9 Å². The predicted octanol–water partition coefficient (Wildman–Crippen LogP) is 4.94. The summed E-state index contributed by atoms with van der Waals surface area (Å²) < 4.78 is 40.6. The number of carbonyl (C=O) groups excluding carboxylic acids is 1. The lowest BCUT2D eigenvalue weighted by atomic mass is 9.96. The number of ketones is 1. The lowest BCUT2D eigenvalue weighted by Gasteiger charge is -2.18. The van der Waals surface area contributed by atoms with Crippen LogP contribution in [0, 0.1) is 0 Å². The van der Waals surface area contributed by atoms with E-state index in [1.807, 2.05) is 12.1 Å². The maximum atomic E-state index is 13.0. The van der Waals surface area contributed by atoms with E-state index in [-0.39, 0.29) is 17.9 Å². The van der Waals surface area contributed by atoms with E-state index in [2.05, 4.69) is 26.4 Å². The predicted molar refractivity (Wildman–Crippen MR) is 107 cm³/mol. The normalized spacial score (nSPS) is 16.0. The molecule has 0 spiro atoms. The fourth-order valence-electron chi connectivity index (χ4n) is 3.58. The molecule has 0 saturated heterocycles. The van der Waals surface area contributed by atoms with Gasteiger partial charge < -0.3 is 11.1 Å². The van der Waals surface area contributed by atoms with E-state index in [9.17, 15) is 18.0 Å². The Kier molecular flexibility index (Phi) is 4.95. The number of benzene rings is 2. The van der Waals surface area contributed by atoms with E-state index in [1.165, 1.54) is 12.1 Å². The Morgan fingerprint density at radius 3 is 2.69 bits per heavy atom. The van der Waals surface area contributed by atoms with Crippen molar-refractivity contribution < 1.29 is 18.0 Å². The van der Waals surface area contributed by atoms with E-state index in [0.717, 1.165) is 17.6 Å². The van der Waals surface area contributed by atoms with Crippen LogP contribution in [0.25, 0.3) is 11.0 Å². The Hall–Kier alpha value is -2.65. The molecule has 1 unspecified atom stereocenters. The van der Waals surface area contributed by atoms with E-state index in [1.54, 1.807) is 16.0 Å². The number of alkyl halides is 3. The van der Waals surface area contributed by atoms with E-state index in [4.69, 9.17) is 5.73 Å². The number of imidazole rings is 1. The number of carbonyl (C=O) groups is 1. The highest BCUT2D eigenvalue weighted by atomic mass is 79.9. The molecule has 2 aromatic carbocycles. The van der Waals surface area contributed by atoms with Crippen LogP contribution in [0.3, 0.4) is 0 Å². The van der Waals surface area contributed by atoms with Crippen LogP contribution in [0.1, 0.15) is 30.0 Å². The molecule has 1 aliphatic rings. The molecule has 29 heavy (non-hydrogen) atoms. The summed E-state index contributed by atoms with van der Waals surface area (Å²) in [4.78, 5) is 16.8. The van der Waals surface area contributed by atoms with E-state index < -0.39 is 17.8 Å². The minimum atomic E-state index is -4.44. The molecule has 0 saturated carbocycles. The number of hydrogen-bond acceptors (Lipinski definition) is 4. The summed E-state index contributed by atoms with van der Waals surface area (Å²) in [6.07, 6.45) is -2.20. The second-order valence-electron chi connectivity index (χ2n) is 6.77. The van der Waals surface area contributed by atoms with E-state index in [0.29, 0.717) is 28.8 Å². The summed E-state index contributed by atoms with van der Waals surface area (Å²) in [6.45, 7) is 0. The molecule has 1 atom stereocenters. The van der Waals surface area contributed by atoms with Crippen molar-refractivity contribution in [3.8, 4) is 0 Å². The molecule has 0 bridgehead atoms. The van der Waals surface area contributed by atoms with Gasteiger partial charge in [0.05, 0.1) is 38.8 Å². The van der Waals surface area contributed by atoms with Crippen LogP contribution >= 0.6 is 16.1 Å². The summed E-state index contributed by atoms with van der Waals surface area (Å²) in [5, 5.41) is 2.99. The molecule has 0 radical (unpaired) electrons. The number of allylic oxidation sites excluding steroid dienone is 1. The number of para-hydroxylation sites is 1. The van der Waals surface area contributed by atoms with Gasteiger partial charge in [-0.15, -0.1) is 0 Å². The smallest absolute Gasteiger partial charge is 0.358 e. The van der Waals surface area contributed by atoms with Gasteiger partial charge in [0.15, 0.2) is 5.78 Å². The second-order valence-corrected chi connectivity index (χ2v) is 7.53. The van der Waals surface area contributed by atoms with Crippen molar-refractivity contribution in [1.82, 2.24) is 8.58 Å². The van der Waals surface area contributed by atoms with Crippen molar-refractivity contribution in [3.63, 3.8) is 0 Å². The summed E-state index contributed by atoms with van der Waals surface area (Å²) in [6, 6.07) is 9.58. The van der Waals surface area contributed by atoms with Crippen LogP contribution in [0.5, 0.6) is 0 Å². The molecule has 1 heterocycles. The van der Waals surface area contributed by atoms with Gasteiger partial charge in [0.25, 0.3) is 0 Å². The van der Waals surface area contributed by atoms with Gasteiger partial charge in [-0.25, -0.2) is 4.98 Å². The average Bonchev–Trinajstić information content (AvgIpc) is 3.24. The highest BCUT2D eigenvalue weighted by Gasteiger charge is 2.32. The third-order valence-electron chi connectivity index (χ3n) is 4.92. The van der Waals surface area contributed by atoms with Gasteiger partial charge in [-0.2, -0.15) is 13.2 Å². The number of rotatable bonds is 4. The fourth-order valence-corrected chi connectivity index (χ4v) is 4.06. The number of fused-ring (bicyclic) bond motifs is 1. The maximum absolute atomic E-state index is 13.0. The summed E-state index contributed by atoms with van der Waals surface area (Å²) in [5.74, 6) is -0.121. The zero-order chi connectivity index (χ0) is 20.8. The van der Waals surface area contributed by atoms with Crippen molar-refractivity contribution in [2.24, 2.45) is 5.73 Å². The number of Topliss-reactive ketones (excluding diaryl/α,β-unsaturated/α-hetero) is 1. The van der Waals surface area contributed by atoms with Crippen molar-refractivity contribution in [1.29, 1.82) is 0 Å². The first-order valence-corrected chi connectivity index (χ1v) is 9.55. The molecule has 4 rings (SSSR count). The zero-order valence-corrected chi connectivity index (χ0v) is 16.6. The number of hydrogen-bond donors (Lipinski definition) is 2. The van der Waals surface area contributed by atoms with Crippen molar-refractivity contribution in [2.75, 3.05) is 5.32 Å². The Bertz CT molecular complexity index is 1140. The lowest BCUT2D eigenvalue weighted by molar-refractivity contribution is -0.137. The number of nitrogens with zero attached hydrogens (tertiary/aromatic N) is 2. The minimum absolute atomic E-state index is 0.121. The first kappa shape index (κ1) is 19.7. The first-order valence-electron chi connectivity index (χ1n) is 8.84. The van der Waals surface area contributed by atoms with Crippen LogP contribution in [0.15, 0.2) is 60.1 Å². The molecular formula is C20H16BrF3N4O. The largest absolute Gasteiger partial charge is 0.416 e. The average molecular weight is 465 g/mol. The number of aromatic nitrogens is 2. The molecule has 3 N–H and O–H groups in total. The van der Waals surface area contributed by atoms with Gasteiger partial charge in [-0.1, -0.05) is 18.2 Å². The van der Waals surface area contributed by atoms with Crippen molar-refractivity contribution >= 4 is 38.7 Å². The molecule has 150 valence electrons. The molecule has 0 aliphatic heterocycles. The summed E-state index contributed by atoms with van der Waals surface area (Å²) in [7, 11) is 0. The molecule has 0 fully saturated rings. The van der Waals surface area contributed by atoms with Gasteiger partial charge in [0, 0.05) is 28.9 Å². The summed E-state index contributed by atoms with van der Waals surface area (Å²) >= 11 is 3.38. The molecular weight excluding hydrogens is 449 g/mol. The third-order valence-corrected chi connectivity index (χ3v) is 5.45. The molecule has 3 aromatic rings. The Balaban J connectivity index is 1.74. The van der Waals surface area contributed by atoms with Crippen LogP contribution in [0.4, 0.5) is 18.9 Å². The summed E-state index contributed by atoms with van der Waals surface area (Å²) in [5.41, 5.74) is 9.05. The van der Waals surface area contributed by atoms with Crippen LogP contribution < -0.4 is 11.1 Å². The third kappa shape index (κ3) is 3.67. The molecule has 0 amide bonds. The molecule has 5 nitrogen and oxygen atoms in total. The SMILES string of the molecule is NC(C1=C(Nc2cccc(C(F)(F)F)c2)CCC1=O)c1cccc2ncn(Br)c12. The van der Waals surface area contributed by atoms with Crippen LogP contribution in [-0.2, 0) is 11.0 Å². The van der Waals surface area contributed by atoms with E-state index >= 15 is 0 Å². The van der Waals surface area contributed by atoms with Crippen molar-refractivity contribution in [3.05, 3.63) is 71.2 Å². The second kappa shape index (κ2) is 7.31. The first-order chi connectivity index (χ1) is 13.8. The standard InChI is InChI=1S/C20H16BrF3N4O/c21-28-10-26-15-6-2-5-13(19(15)28)18(25)17-14(7-8-16(17)29)27-12-4-1-3-11(9-12)20(22,23)24/h1-6,9-10,18,27H,7-8,25H2. The van der Waals surface area contributed by atoms with Gasteiger partial charge in [-0.3, -0.25) is 8.39 Å². The highest BCUT2D eigenvalue weighted by molar-refractivity contribution is 9.08. The van der Waals surface area contributed by atoms with Gasteiger partial charge in [-0.05, 0) is 30.7 Å². The minimum Gasteiger partial charge on any atom is -0.358 e. The quantitative estimate of drug-likeness (QED) is 0.573. The molecule has 1 aliphatic carbocycles. The highest BCUT2D eigenvalue weighted by Crippen LogP contribution is 2.36. The van der Waals surface area contributed by atoms with Crippen LogP contribution in [-0.4, -0.2) is 14.4 Å². The number of halogens is 4. The maximum Gasteiger partial charge on any atom is 0.416 e. The fraction of sp³-hybridized carbons (Fsp3) is 0.200. The Labute approximate surface area is 172 Å². The monoisotopic (exact) mass is 464 g/mol. The number of anilines is 1. The molecule has 1 aromatic heterocycles. The Morgan fingerprint density at radius 1 is 1.17 bits per heavy atom.